The van der Waals surface area contributed by atoms with Crippen molar-refractivity contribution in [2.45, 2.75) is 24.9 Å². The van der Waals surface area contributed by atoms with Crippen LogP contribution in [0.2, 0.25) is 0 Å². The van der Waals surface area contributed by atoms with E-state index in [9.17, 15) is 15.0 Å². The first-order valence-corrected chi connectivity index (χ1v) is 6.94. The standard InChI is InChI=1S/C15H21NO6/c1-16(15-11(18)7-10(17)8-22-15)14(19)9-4-5-12(20-2)13(6-9)21-3/h4-6,10-11,15,17-18H,7-8H2,1-3H3/t10-,11-,15-/m1/s1. The van der Waals surface area contributed by atoms with E-state index in [4.69, 9.17) is 14.2 Å². The van der Waals surface area contributed by atoms with E-state index in [1.807, 2.05) is 0 Å². The number of likely N-dealkylation sites (N-methyl/N-ethyl adjacent to an activating group) is 1. The molecule has 2 rings (SSSR count). The van der Waals surface area contributed by atoms with Crippen molar-refractivity contribution >= 4 is 5.91 Å². The quantitative estimate of drug-likeness (QED) is 0.828. The first-order chi connectivity index (χ1) is 10.5. The van der Waals surface area contributed by atoms with Crippen molar-refractivity contribution < 1.29 is 29.2 Å². The molecule has 1 aromatic rings. The Bertz CT molecular complexity index is 535. The molecule has 7 nitrogen and oxygen atoms in total. The van der Waals surface area contributed by atoms with Crippen LogP contribution in [-0.4, -0.2) is 67.3 Å². The molecule has 1 saturated heterocycles. The number of ether oxygens (including phenoxy) is 3. The SMILES string of the molecule is COc1ccc(C(=O)N(C)[C@@H]2OC[C@H](O)C[C@H]2O)cc1OC. The molecule has 0 spiro atoms. The van der Waals surface area contributed by atoms with Crippen LogP contribution in [0.3, 0.4) is 0 Å². The summed E-state index contributed by atoms with van der Waals surface area (Å²) in [5.41, 5.74) is 0.391. The van der Waals surface area contributed by atoms with Gasteiger partial charge in [-0.15, -0.1) is 0 Å². The fourth-order valence-corrected chi connectivity index (χ4v) is 2.44. The Morgan fingerprint density at radius 1 is 1.27 bits per heavy atom. The smallest absolute Gasteiger partial charge is 0.255 e. The summed E-state index contributed by atoms with van der Waals surface area (Å²) in [6.45, 7) is 0.0886. The highest BCUT2D eigenvalue weighted by atomic mass is 16.5. The molecular formula is C15H21NO6. The Kier molecular flexibility index (Phi) is 5.23. The van der Waals surface area contributed by atoms with Crippen LogP contribution in [0, 0.1) is 0 Å². The molecule has 0 bridgehead atoms. The van der Waals surface area contributed by atoms with Gasteiger partial charge < -0.3 is 29.3 Å². The van der Waals surface area contributed by atoms with Crippen molar-refractivity contribution in [3.63, 3.8) is 0 Å². The maximum absolute atomic E-state index is 12.5. The molecule has 3 atom stereocenters. The van der Waals surface area contributed by atoms with Gasteiger partial charge in [-0.3, -0.25) is 4.79 Å². The maximum atomic E-state index is 12.5. The van der Waals surface area contributed by atoms with Gasteiger partial charge >= 0.3 is 0 Å². The van der Waals surface area contributed by atoms with Crippen molar-refractivity contribution in [3.8, 4) is 11.5 Å². The summed E-state index contributed by atoms with van der Waals surface area (Å²) in [7, 11) is 4.55. The van der Waals surface area contributed by atoms with Gasteiger partial charge in [0.15, 0.2) is 17.7 Å². The lowest BCUT2D eigenvalue weighted by Crippen LogP contribution is -2.51. The van der Waals surface area contributed by atoms with E-state index < -0.39 is 18.4 Å². The minimum absolute atomic E-state index is 0.0886. The number of aliphatic hydroxyl groups is 2. The van der Waals surface area contributed by atoms with E-state index >= 15 is 0 Å². The van der Waals surface area contributed by atoms with Crippen molar-refractivity contribution in [1.29, 1.82) is 0 Å². The van der Waals surface area contributed by atoms with Gasteiger partial charge in [0.1, 0.15) is 6.10 Å². The van der Waals surface area contributed by atoms with Crippen molar-refractivity contribution in [1.82, 2.24) is 4.90 Å². The van der Waals surface area contributed by atoms with Gasteiger partial charge in [-0.25, -0.2) is 0 Å². The zero-order valence-electron chi connectivity index (χ0n) is 12.9. The number of methoxy groups -OCH3 is 2. The molecule has 7 heteroatoms. The monoisotopic (exact) mass is 311 g/mol. The number of aliphatic hydroxyl groups excluding tert-OH is 2. The lowest BCUT2D eigenvalue weighted by atomic mass is 10.1. The lowest BCUT2D eigenvalue weighted by molar-refractivity contribution is -0.165. The Labute approximate surface area is 129 Å². The first-order valence-electron chi connectivity index (χ1n) is 6.94. The van der Waals surface area contributed by atoms with Gasteiger partial charge in [-0.05, 0) is 18.2 Å². The first kappa shape index (κ1) is 16.5. The number of hydrogen-bond acceptors (Lipinski definition) is 6. The lowest BCUT2D eigenvalue weighted by Gasteiger charge is -2.36. The third kappa shape index (κ3) is 3.32. The Balaban J connectivity index is 2.16. The molecule has 0 aromatic heterocycles. The Hall–Kier alpha value is -1.83. The largest absolute Gasteiger partial charge is 0.493 e. The molecule has 1 aliphatic rings. The van der Waals surface area contributed by atoms with E-state index in [2.05, 4.69) is 0 Å². The topological polar surface area (TPSA) is 88.5 Å². The number of carbonyl (C=O) groups is 1. The number of carbonyl (C=O) groups excluding carboxylic acids is 1. The molecule has 1 aliphatic heterocycles. The number of amides is 1. The predicted octanol–water partition coefficient (Wildman–Crippen LogP) is 0.244. The van der Waals surface area contributed by atoms with E-state index in [-0.39, 0.29) is 18.9 Å². The summed E-state index contributed by atoms with van der Waals surface area (Å²) in [4.78, 5) is 13.8. The summed E-state index contributed by atoms with van der Waals surface area (Å²) < 4.78 is 15.7. The van der Waals surface area contributed by atoms with Crippen LogP contribution in [0.25, 0.3) is 0 Å². The minimum Gasteiger partial charge on any atom is -0.493 e. The fraction of sp³-hybridized carbons (Fsp3) is 0.533. The van der Waals surface area contributed by atoms with Crippen LogP contribution in [0.4, 0.5) is 0 Å². The summed E-state index contributed by atoms with van der Waals surface area (Å²) in [5.74, 6) is 0.655. The molecule has 22 heavy (non-hydrogen) atoms. The van der Waals surface area contributed by atoms with Gasteiger partial charge in [0, 0.05) is 19.0 Å². The van der Waals surface area contributed by atoms with Crippen LogP contribution in [0.5, 0.6) is 11.5 Å². The minimum atomic E-state index is -0.933. The highest BCUT2D eigenvalue weighted by Crippen LogP contribution is 2.28. The van der Waals surface area contributed by atoms with Gasteiger partial charge in [0.2, 0.25) is 0 Å². The van der Waals surface area contributed by atoms with Crippen LogP contribution >= 0.6 is 0 Å². The second kappa shape index (κ2) is 6.95. The highest BCUT2D eigenvalue weighted by Gasteiger charge is 2.34. The van der Waals surface area contributed by atoms with Crippen LogP contribution in [-0.2, 0) is 4.74 Å². The van der Waals surface area contributed by atoms with Gasteiger partial charge in [-0.2, -0.15) is 0 Å². The van der Waals surface area contributed by atoms with Crippen molar-refractivity contribution in [3.05, 3.63) is 23.8 Å². The van der Waals surface area contributed by atoms with Crippen molar-refractivity contribution in [2.75, 3.05) is 27.9 Å². The summed E-state index contributed by atoms with van der Waals surface area (Å²) in [6, 6.07) is 4.83. The normalized spacial score (nSPS) is 24.7. The van der Waals surface area contributed by atoms with Gasteiger partial charge in [0.05, 0.1) is 26.9 Å². The maximum Gasteiger partial charge on any atom is 0.255 e. The predicted molar refractivity (Wildman–Crippen MR) is 78.0 cm³/mol. The van der Waals surface area contributed by atoms with Crippen LogP contribution in [0.15, 0.2) is 18.2 Å². The molecule has 1 fully saturated rings. The summed E-state index contributed by atoms with van der Waals surface area (Å²) >= 11 is 0. The molecule has 1 aromatic carbocycles. The number of benzene rings is 1. The third-order valence-electron chi connectivity index (χ3n) is 3.63. The van der Waals surface area contributed by atoms with Crippen molar-refractivity contribution in [2.24, 2.45) is 0 Å². The van der Waals surface area contributed by atoms with E-state index in [1.54, 1.807) is 25.2 Å². The molecule has 1 heterocycles. The molecule has 0 aliphatic carbocycles. The van der Waals surface area contributed by atoms with Gasteiger partial charge in [-0.1, -0.05) is 0 Å². The molecule has 0 unspecified atom stereocenters. The average Bonchev–Trinajstić information content (AvgIpc) is 2.52. The van der Waals surface area contributed by atoms with E-state index in [1.165, 1.54) is 19.1 Å². The van der Waals surface area contributed by atoms with E-state index in [0.717, 1.165) is 0 Å². The van der Waals surface area contributed by atoms with Crippen LogP contribution < -0.4 is 9.47 Å². The molecule has 0 radical (unpaired) electrons. The third-order valence-corrected chi connectivity index (χ3v) is 3.63. The number of rotatable bonds is 4. The van der Waals surface area contributed by atoms with Gasteiger partial charge in [0.25, 0.3) is 5.91 Å². The summed E-state index contributed by atoms with van der Waals surface area (Å²) in [6.07, 6.45) is -2.26. The molecule has 0 saturated carbocycles. The second-order valence-electron chi connectivity index (χ2n) is 5.17. The zero-order chi connectivity index (χ0) is 16.3. The highest BCUT2D eigenvalue weighted by molar-refractivity contribution is 5.95. The molecule has 2 N–H and O–H groups in total. The molecular weight excluding hydrogens is 290 g/mol. The average molecular weight is 311 g/mol. The number of hydrogen-bond donors (Lipinski definition) is 2. The zero-order valence-corrected chi connectivity index (χ0v) is 12.9. The number of nitrogens with zero attached hydrogens (tertiary/aromatic N) is 1. The second-order valence-corrected chi connectivity index (χ2v) is 5.17. The molecule has 122 valence electrons. The Morgan fingerprint density at radius 3 is 2.55 bits per heavy atom. The fourth-order valence-electron chi connectivity index (χ4n) is 2.44. The van der Waals surface area contributed by atoms with Crippen LogP contribution in [0.1, 0.15) is 16.8 Å². The Morgan fingerprint density at radius 2 is 1.95 bits per heavy atom. The molecule has 1 amide bonds. The van der Waals surface area contributed by atoms with E-state index in [0.29, 0.717) is 17.1 Å². The summed E-state index contributed by atoms with van der Waals surface area (Å²) in [5, 5.41) is 19.4.